The molecule has 2 unspecified atom stereocenters. The van der Waals surface area contributed by atoms with Gasteiger partial charge >= 0.3 is 0 Å². The summed E-state index contributed by atoms with van der Waals surface area (Å²) in [6, 6.07) is 3.58. The molecular weight excluding hydrogens is 298 g/mol. The molecule has 1 aromatic carbocycles. The van der Waals surface area contributed by atoms with E-state index in [1.807, 2.05) is 0 Å². The van der Waals surface area contributed by atoms with Crippen molar-refractivity contribution < 1.29 is 4.39 Å². The normalized spacial score (nSPS) is 21.6. The number of benzene rings is 1. The van der Waals surface area contributed by atoms with Gasteiger partial charge in [0.25, 0.3) is 0 Å². The minimum Gasteiger partial charge on any atom is -0.324 e. The molecule has 0 N–H and O–H groups in total. The minimum absolute atomic E-state index is 0.156. The number of aryl methyl sites for hydroxylation is 1. The van der Waals surface area contributed by atoms with Crippen LogP contribution in [0.2, 0.25) is 5.02 Å². The Hall–Kier alpha value is -0.800. The van der Waals surface area contributed by atoms with Crippen LogP contribution in [0, 0.1) is 11.7 Å². The lowest BCUT2D eigenvalue weighted by Crippen LogP contribution is -2.04. The van der Waals surface area contributed by atoms with E-state index in [0.717, 1.165) is 11.3 Å². The first-order chi connectivity index (χ1) is 9.65. The number of aromatic nitrogens is 2. The third-order valence-corrected chi connectivity index (χ3v) is 4.48. The average Bonchev–Trinajstić information content (AvgIpc) is 3.07. The van der Waals surface area contributed by atoms with E-state index in [2.05, 4.69) is 16.5 Å². The molecular formula is C15H17Cl2FN2. The van der Waals surface area contributed by atoms with Crippen molar-refractivity contribution in [1.82, 2.24) is 9.55 Å². The summed E-state index contributed by atoms with van der Waals surface area (Å²) >= 11 is 11.8. The summed E-state index contributed by atoms with van der Waals surface area (Å²) in [6.07, 6.45) is 4.28. The van der Waals surface area contributed by atoms with E-state index in [4.69, 9.17) is 23.2 Å². The number of hydrogen-bond donors (Lipinski definition) is 0. The summed E-state index contributed by atoms with van der Waals surface area (Å²) in [4.78, 5) is 4.54. The maximum atomic E-state index is 13.6. The zero-order chi connectivity index (χ0) is 14.3. The van der Waals surface area contributed by atoms with Gasteiger partial charge in [-0.2, -0.15) is 0 Å². The first-order valence-electron chi connectivity index (χ1n) is 7.07. The van der Waals surface area contributed by atoms with E-state index in [1.165, 1.54) is 25.3 Å². The summed E-state index contributed by atoms with van der Waals surface area (Å²) in [7, 11) is 0. The summed E-state index contributed by atoms with van der Waals surface area (Å²) < 4.78 is 15.8. The zero-order valence-electron chi connectivity index (χ0n) is 11.4. The molecule has 108 valence electrons. The number of nitrogens with zero attached hydrogens (tertiary/aromatic N) is 2. The minimum atomic E-state index is -0.415. The Morgan fingerprint density at radius 1 is 1.45 bits per heavy atom. The van der Waals surface area contributed by atoms with Crippen molar-refractivity contribution in [3.8, 4) is 0 Å². The van der Waals surface area contributed by atoms with Crippen LogP contribution in [0.1, 0.15) is 38.1 Å². The predicted molar refractivity (Wildman–Crippen MR) is 81.2 cm³/mol. The van der Waals surface area contributed by atoms with Crippen LogP contribution >= 0.6 is 23.2 Å². The Morgan fingerprint density at radius 3 is 2.95 bits per heavy atom. The Bertz CT molecular complexity index is 638. The molecule has 0 spiro atoms. The molecule has 20 heavy (non-hydrogen) atoms. The van der Waals surface area contributed by atoms with Gasteiger partial charge in [-0.1, -0.05) is 24.9 Å². The lowest BCUT2D eigenvalue weighted by molar-refractivity contribution is 0.600. The van der Waals surface area contributed by atoms with Crippen LogP contribution in [0.15, 0.2) is 12.1 Å². The fourth-order valence-corrected chi connectivity index (χ4v) is 3.33. The molecule has 0 amide bonds. The van der Waals surface area contributed by atoms with Gasteiger partial charge in [-0.3, -0.25) is 0 Å². The third-order valence-electron chi connectivity index (χ3n) is 4.00. The van der Waals surface area contributed by atoms with E-state index >= 15 is 0 Å². The number of rotatable bonds is 5. The average molecular weight is 315 g/mol. The third kappa shape index (κ3) is 2.42. The van der Waals surface area contributed by atoms with Crippen LogP contribution < -0.4 is 0 Å². The first-order valence-corrected chi connectivity index (χ1v) is 7.98. The molecule has 0 aliphatic heterocycles. The second-order valence-electron chi connectivity index (χ2n) is 5.44. The van der Waals surface area contributed by atoms with Gasteiger partial charge in [-0.25, -0.2) is 9.37 Å². The quantitative estimate of drug-likeness (QED) is 0.712. The number of alkyl halides is 1. The summed E-state index contributed by atoms with van der Waals surface area (Å²) in [5.41, 5.74) is 1.61. The van der Waals surface area contributed by atoms with Crippen molar-refractivity contribution in [2.24, 2.45) is 5.92 Å². The molecule has 2 aromatic rings. The molecule has 1 saturated carbocycles. The summed E-state index contributed by atoms with van der Waals surface area (Å²) in [5.74, 6) is 1.75. The van der Waals surface area contributed by atoms with E-state index in [1.54, 1.807) is 6.07 Å². The van der Waals surface area contributed by atoms with Crippen molar-refractivity contribution in [1.29, 1.82) is 0 Å². The van der Waals surface area contributed by atoms with Gasteiger partial charge in [-0.05, 0) is 24.8 Å². The van der Waals surface area contributed by atoms with Gasteiger partial charge in [0, 0.05) is 24.4 Å². The van der Waals surface area contributed by atoms with Crippen LogP contribution in [0.3, 0.4) is 0 Å². The fourth-order valence-electron chi connectivity index (χ4n) is 3.00. The monoisotopic (exact) mass is 314 g/mol. The molecule has 1 aliphatic rings. The van der Waals surface area contributed by atoms with Gasteiger partial charge in [0.05, 0.1) is 16.1 Å². The number of hydrogen-bond acceptors (Lipinski definition) is 1. The van der Waals surface area contributed by atoms with E-state index in [-0.39, 0.29) is 5.02 Å². The largest absolute Gasteiger partial charge is 0.324 e. The second-order valence-corrected chi connectivity index (χ2v) is 6.23. The highest BCUT2D eigenvalue weighted by molar-refractivity contribution is 6.31. The Morgan fingerprint density at radius 2 is 2.25 bits per heavy atom. The maximum Gasteiger partial charge on any atom is 0.144 e. The zero-order valence-corrected chi connectivity index (χ0v) is 12.9. The number of imidazole rings is 1. The van der Waals surface area contributed by atoms with Crippen molar-refractivity contribution in [3.63, 3.8) is 0 Å². The Kier molecular flexibility index (Phi) is 3.91. The number of fused-ring (bicyclic) bond motifs is 1. The van der Waals surface area contributed by atoms with Crippen LogP contribution in [0.4, 0.5) is 4.39 Å². The molecule has 0 saturated heterocycles. The van der Waals surface area contributed by atoms with Crippen molar-refractivity contribution >= 4 is 34.2 Å². The van der Waals surface area contributed by atoms with Crippen LogP contribution in [-0.2, 0) is 6.42 Å². The van der Waals surface area contributed by atoms with E-state index in [9.17, 15) is 4.39 Å². The molecule has 1 heterocycles. The van der Waals surface area contributed by atoms with Crippen molar-refractivity contribution in [3.05, 3.63) is 28.8 Å². The molecule has 3 rings (SSSR count). The summed E-state index contributed by atoms with van der Waals surface area (Å²) in [5, 5.41) is 0.156. The van der Waals surface area contributed by atoms with Gasteiger partial charge in [0.1, 0.15) is 11.6 Å². The Labute approximate surface area is 127 Å². The molecule has 1 aliphatic carbocycles. The lowest BCUT2D eigenvalue weighted by atomic mass is 10.2. The first kappa shape index (κ1) is 14.2. The van der Waals surface area contributed by atoms with Gasteiger partial charge in [-0.15, -0.1) is 11.6 Å². The van der Waals surface area contributed by atoms with Crippen LogP contribution in [0.25, 0.3) is 11.0 Å². The molecule has 2 nitrogen and oxygen atoms in total. The van der Waals surface area contributed by atoms with E-state index in [0.29, 0.717) is 29.8 Å². The van der Waals surface area contributed by atoms with Gasteiger partial charge in [0.15, 0.2) is 0 Å². The molecule has 0 bridgehead atoms. The molecule has 2 atom stereocenters. The Balaban J connectivity index is 2.07. The molecule has 1 aromatic heterocycles. The highest BCUT2D eigenvalue weighted by Gasteiger charge is 2.39. The number of halogens is 3. The highest BCUT2D eigenvalue weighted by Crippen LogP contribution is 2.48. The highest BCUT2D eigenvalue weighted by atomic mass is 35.5. The topological polar surface area (TPSA) is 17.8 Å². The molecule has 1 fully saturated rings. The smallest absolute Gasteiger partial charge is 0.144 e. The molecule has 5 heteroatoms. The fraction of sp³-hybridized carbons (Fsp3) is 0.533. The predicted octanol–water partition coefficient (Wildman–Crippen LogP) is 4.97. The maximum absolute atomic E-state index is 13.6. The SMILES string of the molecule is CCCC1CC1n1c(CCCl)nc2cc(F)c(Cl)cc21. The lowest BCUT2D eigenvalue weighted by Gasteiger charge is -2.08. The van der Waals surface area contributed by atoms with Gasteiger partial charge < -0.3 is 4.57 Å². The standard InChI is InChI=1S/C15H17Cl2FN2/c1-2-3-9-6-13(9)20-14-7-10(17)11(18)8-12(14)19-15(20)4-5-16/h7-9,13H,2-6H2,1H3. The van der Waals surface area contributed by atoms with Gasteiger partial charge in [0.2, 0.25) is 0 Å². The molecule has 0 radical (unpaired) electrons. The van der Waals surface area contributed by atoms with E-state index < -0.39 is 5.82 Å². The van der Waals surface area contributed by atoms with Crippen LogP contribution in [-0.4, -0.2) is 15.4 Å². The summed E-state index contributed by atoms with van der Waals surface area (Å²) in [6.45, 7) is 2.20. The van der Waals surface area contributed by atoms with Crippen LogP contribution in [0.5, 0.6) is 0 Å². The van der Waals surface area contributed by atoms with Crippen molar-refractivity contribution in [2.45, 2.75) is 38.6 Å². The second kappa shape index (κ2) is 5.53. The van der Waals surface area contributed by atoms with Crippen molar-refractivity contribution in [2.75, 3.05) is 5.88 Å².